The molecule has 0 bridgehead atoms. The van der Waals surface area contributed by atoms with Crippen molar-refractivity contribution in [1.82, 2.24) is 9.88 Å². The molecule has 222 valence electrons. The Balaban J connectivity index is 1.78. The summed E-state index contributed by atoms with van der Waals surface area (Å²) in [6.45, 7) is 2.36. The van der Waals surface area contributed by atoms with Gasteiger partial charge >= 0.3 is 0 Å². The summed E-state index contributed by atoms with van der Waals surface area (Å²) in [7, 11) is 6.70. The fraction of sp³-hybridized carbons (Fsp3) is 0.364. The number of fused-ring (bicyclic) bond motifs is 1. The highest BCUT2D eigenvalue weighted by atomic mass is 32.2. The van der Waals surface area contributed by atoms with Crippen molar-refractivity contribution in [2.75, 3.05) is 64.4 Å². The number of hydrogen-bond acceptors (Lipinski definition) is 7. The van der Waals surface area contributed by atoms with E-state index < -0.39 is 23.2 Å². The zero-order valence-corrected chi connectivity index (χ0v) is 25.3. The molecule has 0 aliphatic carbocycles. The summed E-state index contributed by atoms with van der Waals surface area (Å²) in [6, 6.07) is 18.8. The van der Waals surface area contributed by atoms with Crippen molar-refractivity contribution in [3.63, 3.8) is 0 Å². The lowest BCUT2D eigenvalue weighted by atomic mass is 9.71. The van der Waals surface area contributed by atoms with Crippen LogP contribution in [0.15, 0.2) is 66.7 Å². The molecule has 4 aromatic rings. The first-order valence-corrected chi connectivity index (χ1v) is 15.2. The van der Waals surface area contributed by atoms with Gasteiger partial charge in [-0.05, 0) is 68.5 Å². The lowest BCUT2D eigenvalue weighted by Crippen LogP contribution is -2.38. The molecule has 1 fully saturated rings. The van der Waals surface area contributed by atoms with E-state index >= 15 is 4.39 Å². The second-order valence-electron chi connectivity index (χ2n) is 10.8. The minimum atomic E-state index is -1.75. The molecule has 1 aliphatic heterocycles. The molecule has 5 rings (SSSR count). The standard InChI is InChI=1S/C33H37F2N3O3S/c1-37(2)14-13-33(39,23-7-5-8-24(34)21-23)30(26-9-6-10-29(40-3)31(26)35)27-20-22-19-25(38-15-17-42-18-16-38)11-12-28(22)36-32(27)41-4/h5-12,19-21,30,39H,13-18H2,1-4H3/t30-,33+/m0/s1. The first kappa shape index (κ1) is 30.1. The van der Waals surface area contributed by atoms with Crippen molar-refractivity contribution in [1.29, 1.82) is 0 Å². The van der Waals surface area contributed by atoms with Gasteiger partial charge < -0.3 is 24.4 Å². The molecule has 1 aliphatic rings. The van der Waals surface area contributed by atoms with E-state index in [0.29, 0.717) is 17.7 Å². The molecule has 2 heterocycles. The van der Waals surface area contributed by atoms with E-state index in [1.807, 2.05) is 42.9 Å². The fourth-order valence-electron chi connectivity index (χ4n) is 5.75. The Morgan fingerprint density at radius 1 is 0.976 bits per heavy atom. The fourth-order valence-corrected chi connectivity index (χ4v) is 6.65. The molecule has 1 saturated heterocycles. The van der Waals surface area contributed by atoms with Crippen molar-refractivity contribution in [3.05, 3.63) is 95.1 Å². The Morgan fingerprint density at radius 2 is 1.74 bits per heavy atom. The van der Waals surface area contributed by atoms with Crippen LogP contribution in [0.1, 0.15) is 29.0 Å². The van der Waals surface area contributed by atoms with E-state index in [1.54, 1.807) is 24.3 Å². The van der Waals surface area contributed by atoms with E-state index in [4.69, 9.17) is 14.5 Å². The van der Waals surface area contributed by atoms with Crippen molar-refractivity contribution in [2.45, 2.75) is 17.9 Å². The highest BCUT2D eigenvalue weighted by molar-refractivity contribution is 7.99. The zero-order chi connectivity index (χ0) is 29.9. The Morgan fingerprint density at radius 3 is 2.43 bits per heavy atom. The van der Waals surface area contributed by atoms with Crippen molar-refractivity contribution in [2.24, 2.45) is 0 Å². The van der Waals surface area contributed by atoms with E-state index in [-0.39, 0.29) is 23.6 Å². The SMILES string of the molecule is COc1cccc([C@@H](c2cc3cc(N4CCSCC4)ccc3nc2OC)[C@@](O)(CCN(C)C)c2cccc(F)c2)c1F. The zero-order valence-electron chi connectivity index (χ0n) is 24.4. The number of hydrogen-bond donors (Lipinski definition) is 1. The van der Waals surface area contributed by atoms with Crippen LogP contribution in [0.2, 0.25) is 0 Å². The molecular weight excluding hydrogens is 556 g/mol. The quantitative estimate of drug-likeness (QED) is 0.240. The maximum atomic E-state index is 16.2. The number of rotatable bonds is 10. The van der Waals surface area contributed by atoms with Gasteiger partial charge in [0.1, 0.15) is 11.4 Å². The number of pyridine rings is 1. The second-order valence-corrected chi connectivity index (χ2v) is 12.1. The largest absolute Gasteiger partial charge is 0.494 e. The minimum Gasteiger partial charge on any atom is -0.494 e. The first-order valence-electron chi connectivity index (χ1n) is 14.0. The van der Waals surface area contributed by atoms with Crippen LogP contribution in [0.25, 0.3) is 10.9 Å². The Kier molecular flexibility index (Phi) is 9.20. The highest BCUT2D eigenvalue weighted by Crippen LogP contribution is 2.49. The summed E-state index contributed by atoms with van der Waals surface area (Å²) in [5.74, 6) is 0.319. The molecule has 42 heavy (non-hydrogen) atoms. The van der Waals surface area contributed by atoms with Crippen LogP contribution in [0.3, 0.4) is 0 Å². The number of aliphatic hydroxyl groups is 1. The molecular formula is C33H37F2N3O3S. The summed E-state index contributed by atoms with van der Waals surface area (Å²) in [5, 5.41) is 13.6. The van der Waals surface area contributed by atoms with Gasteiger partial charge in [-0.2, -0.15) is 11.8 Å². The van der Waals surface area contributed by atoms with E-state index in [1.165, 1.54) is 32.4 Å². The van der Waals surface area contributed by atoms with E-state index in [2.05, 4.69) is 17.0 Å². The first-order chi connectivity index (χ1) is 20.2. The third-order valence-electron chi connectivity index (χ3n) is 7.94. The highest BCUT2D eigenvalue weighted by Gasteiger charge is 2.44. The van der Waals surface area contributed by atoms with Gasteiger partial charge in [0.25, 0.3) is 0 Å². The molecule has 0 spiro atoms. The summed E-state index contributed by atoms with van der Waals surface area (Å²) >= 11 is 1.94. The summed E-state index contributed by atoms with van der Waals surface area (Å²) in [6.07, 6.45) is 0.178. The van der Waals surface area contributed by atoms with E-state index in [9.17, 15) is 9.50 Å². The molecule has 1 N–H and O–H groups in total. The van der Waals surface area contributed by atoms with Gasteiger partial charge in [0.2, 0.25) is 5.88 Å². The van der Waals surface area contributed by atoms with Crippen LogP contribution < -0.4 is 14.4 Å². The van der Waals surface area contributed by atoms with Gasteiger partial charge in [0, 0.05) is 53.3 Å². The lowest BCUT2D eigenvalue weighted by molar-refractivity contribution is 0.00255. The van der Waals surface area contributed by atoms with Gasteiger partial charge in [0.05, 0.1) is 25.7 Å². The third kappa shape index (κ3) is 6.04. The average Bonchev–Trinajstić information content (AvgIpc) is 3.00. The summed E-state index contributed by atoms with van der Waals surface area (Å²) in [5.41, 5.74) is 1.08. The van der Waals surface area contributed by atoms with Crippen molar-refractivity contribution in [3.8, 4) is 11.6 Å². The molecule has 0 radical (unpaired) electrons. The van der Waals surface area contributed by atoms with Crippen LogP contribution in [0.5, 0.6) is 11.6 Å². The van der Waals surface area contributed by atoms with Crippen molar-refractivity contribution < 1.29 is 23.4 Å². The van der Waals surface area contributed by atoms with Gasteiger partial charge in [-0.3, -0.25) is 0 Å². The Labute approximate surface area is 250 Å². The molecule has 2 atom stereocenters. The van der Waals surface area contributed by atoms with Crippen LogP contribution in [0, 0.1) is 11.6 Å². The minimum absolute atomic E-state index is 0.0460. The number of methoxy groups -OCH3 is 2. The lowest BCUT2D eigenvalue weighted by Gasteiger charge is -2.39. The predicted molar refractivity (Wildman–Crippen MR) is 166 cm³/mol. The Bertz CT molecular complexity index is 1550. The topological polar surface area (TPSA) is 58.1 Å². The van der Waals surface area contributed by atoms with Crippen LogP contribution in [0.4, 0.5) is 14.5 Å². The molecule has 6 nitrogen and oxygen atoms in total. The predicted octanol–water partition coefficient (Wildman–Crippen LogP) is 6.05. The maximum absolute atomic E-state index is 16.2. The normalized spacial score (nSPS) is 16.0. The van der Waals surface area contributed by atoms with Gasteiger partial charge in [0.15, 0.2) is 11.6 Å². The third-order valence-corrected chi connectivity index (χ3v) is 8.88. The number of halogens is 2. The number of benzene rings is 3. The molecule has 0 unspecified atom stereocenters. The molecule has 1 aromatic heterocycles. The molecule has 0 amide bonds. The smallest absolute Gasteiger partial charge is 0.217 e. The number of thioether (sulfide) groups is 1. The number of anilines is 1. The Hall–Kier alpha value is -3.40. The maximum Gasteiger partial charge on any atom is 0.217 e. The number of nitrogens with zero attached hydrogens (tertiary/aromatic N) is 3. The molecule has 3 aromatic carbocycles. The van der Waals surface area contributed by atoms with Crippen molar-refractivity contribution >= 4 is 28.4 Å². The molecule has 0 saturated carbocycles. The van der Waals surface area contributed by atoms with Gasteiger partial charge in [-0.1, -0.05) is 24.3 Å². The van der Waals surface area contributed by atoms with Gasteiger partial charge in [-0.15, -0.1) is 0 Å². The average molecular weight is 594 g/mol. The number of aromatic nitrogens is 1. The van der Waals surface area contributed by atoms with Crippen LogP contribution in [-0.4, -0.2) is 74.4 Å². The van der Waals surface area contributed by atoms with E-state index in [0.717, 1.165) is 41.2 Å². The summed E-state index contributed by atoms with van der Waals surface area (Å²) in [4.78, 5) is 9.10. The van der Waals surface area contributed by atoms with Gasteiger partial charge in [-0.25, -0.2) is 13.8 Å². The molecule has 9 heteroatoms. The van der Waals surface area contributed by atoms with Crippen LogP contribution >= 0.6 is 11.8 Å². The number of ether oxygens (including phenoxy) is 2. The van der Waals surface area contributed by atoms with Crippen LogP contribution in [-0.2, 0) is 5.60 Å². The second kappa shape index (κ2) is 12.9. The monoisotopic (exact) mass is 593 g/mol. The summed E-state index contributed by atoms with van der Waals surface area (Å²) < 4.78 is 42.0.